The summed E-state index contributed by atoms with van der Waals surface area (Å²) < 4.78 is 12.2. The average Bonchev–Trinajstić information content (AvgIpc) is 3.32. The second-order valence-corrected chi connectivity index (χ2v) is 9.17. The van der Waals surface area contributed by atoms with Gasteiger partial charge >= 0.3 is 5.97 Å². The summed E-state index contributed by atoms with van der Waals surface area (Å²) in [6, 6.07) is 22.9. The monoisotopic (exact) mass is 545 g/mol. The molecular weight excluding hydrogens is 518 g/mol. The Bertz CT molecular complexity index is 1420. The number of rotatable bonds is 11. The van der Waals surface area contributed by atoms with Crippen molar-refractivity contribution in [2.75, 3.05) is 29.6 Å². The number of thioether (sulfide) groups is 1. The van der Waals surface area contributed by atoms with Gasteiger partial charge in [-0.1, -0.05) is 30.0 Å². The molecule has 2 amide bonds. The molecule has 0 radical (unpaired) electrons. The molecule has 3 aromatic carbocycles. The van der Waals surface area contributed by atoms with Gasteiger partial charge in [0.2, 0.25) is 5.91 Å². The van der Waals surface area contributed by atoms with Crippen LogP contribution >= 0.6 is 11.8 Å². The Kier molecular flexibility index (Phi) is 9.30. The fourth-order valence-corrected chi connectivity index (χ4v) is 4.20. The van der Waals surface area contributed by atoms with Crippen molar-refractivity contribution >= 4 is 40.9 Å². The third-order valence-corrected chi connectivity index (χ3v) is 6.41. The number of nitrogens with zero attached hydrogens (tertiary/aromatic N) is 3. The van der Waals surface area contributed by atoms with Crippen LogP contribution in [0, 0.1) is 0 Å². The molecule has 0 aliphatic carbocycles. The van der Waals surface area contributed by atoms with Gasteiger partial charge in [0.1, 0.15) is 5.75 Å². The lowest BCUT2D eigenvalue weighted by Crippen LogP contribution is -2.20. The molecule has 39 heavy (non-hydrogen) atoms. The van der Waals surface area contributed by atoms with Crippen molar-refractivity contribution in [2.45, 2.75) is 12.1 Å². The lowest BCUT2D eigenvalue weighted by Gasteiger charge is -2.08. The van der Waals surface area contributed by atoms with Gasteiger partial charge in [0.25, 0.3) is 5.91 Å². The van der Waals surface area contributed by atoms with E-state index in [0.29, 0.717) is 40.3 Å². The van der Waals surface area contributed by atoms with Crippen molar-refractivity contribution in [1.82, 2.24) is 14.8 Å². The predicted octanol–water partition coefficient (Wildman–Crippen LogP) is 4.41. The molecule has 0 atom stereocenters. The SMILES string of the molecule is CCOC(=O)c1ccc(NC(=O)CSc2nnc(-c3ccc(NC(=O)COc4ccccc4)cc3)n2C)cc1. The summed E-state index contributed by atoms with van der Waals surface area (Å²) in [6.45, 7) is 1.95. The first-order valence-corrected chi connectivity index (χ1v) is 13.1. The minimum atomic E-state index is -0.406. The number of carbonyl (C=O) groups excluding carboxylic acids is 3. The highest BCUT2D eigenvalue weighted by molar-refractivity contribution is 7.99. The molecule has 10 nitrogen and oxygen atoms in total. The van der Waals surface area contributed by atoms with E-state index in [0.717, 1.165) is 5.56 Å². The molecule has 0 saturated heterocycles. The molecule has 1 heterocycles. The molecule has 0 bridgehead atoms. The first-order valence-electron chi connectivity index (χ1n) is 12.1. The van der Waals surface area contributed by atoms with E-state index in [4.69, 9.17) is 9.47 Å². The van der Waals surface area contributed by atoms with Crippen LogP contribution in [0.3, 0.4) is 0 Å². The second kappa shape index (κ2) is 13.2. The maximum Gasteiger partial charge on any atom is 0.338 e. The van der Waals surface area contributed by atoms with Gasteiger partial charge in [-0.15, -0.1) is 10.2 Å². The van der Waals surface area contributed by atoms with Crippen LogP contribution in [-0.4, -0.2) is 51.5 Å². The molecule has 1 aromatic heterocycles. The van der Waals surface area contributed by atoms with Crippen molar-refractivity contribution in [3.63, 3.8) is 0 Å². The van der Waals surface area contributed by atoms with Crippen LogP contribution in [0.15, 0.2) is 84.0 Å². The van der Waals surface area contributed by atoms with E-state index in [9.17, 15) is 14.4 Å². The second-order valence-electron chi connectivity index (χ2n) is 8.23. The zero-order chi connectivity index (χ0) is 27.6. The Hall–Kier alpha value is -4.64. The molecule has 4 rings (SSSR count). The van der Waals surface area contributed by atoms with Crippen LogP contribution in [-0.2, 0) is 21.4 Å². The number of hydrogen-bond acceptors (Lipinski definition) is 8. The highest BCUT2D eigenvalue weighted by Gasteiger charge is 2.14. The lowest BCUT2D eigenvalue weighted by molar-refractivity contribution is -0.118. The third kappa shape index (κ3) is 7.68. The molecule has 0 aliphatic heterocycles. The molecule has 200 valence electrons. The van der Waals surface area contributed by atoms with Gasteiger partial charge < -0.3 is 24.7 Å². The Labute approximate surface area is 229 Å². The average molecular weight is 546 g/mol. The molecule has 0 saturated carbocycles. The summed E-state index contributed by atoms with van der Waals surface area (Å²) in [5.74, 6) is 0.486. The molecular formula is C28H27N5O5S. The van der Waals surface area contributed by atoms with Crippen molar-refractivity contribution in [1.29, 1.82) is 0 Å². The summed E-state index contributed by atoms with van der Waals surface area (Å²) in [6.07, 6.45) is 0. The molecule has 0 fully saturated rings. The van der Waals surface area contributed by atoms with Gasteiger partial charge in [-0.3, -0.25) is 9.59 Å². The number of carbonyl (C=O) groups is 3. The van der Waals surface area contributed by atoms with E-state index in [1.54, 1.807) is 60.0 Å². The Morgan fingerprint density at radius 1 is 0.846 bits per heavy atom. The number of hydrogen-bond donors (Lipinski definition) is 2. The summed E-state index contributed by atoms with van der Waals surface area (Å²) in [7, 11) is 1.82. The molecule has 0 unspecified atom stereocenters. The number of anilines is 2. The van der Waals surface area contributed by atoms with E-state index >= 15 is 0 Å². The normalized spacial score (nSPS) is 10.5. The topological polar surface area (TPSA) is 124 Å². The van der Waals surface area contributed by atoms with E-state index in [1.165, 1.54) is 11.8 Å². The van der Waals surface area contributed by atoms with Crippen LogP contribution in [0.1, 0.15) is 17.3 Å². The fourth-order valence-electron chi connectivity index (χ4n) is 3.49. The van der Waals surface area contributed by atoms with Gasteiger partial charge in [0, 0.05) is 24.0 Å². The van der Waals surface area contributed by atoms with Crippen molar-refractivity contribution in [3.05, 3.63) is 84.4 Å². The number of benzene rings is 3. The van der Waals surface area contributed by atoms with Crippen molar-refractivity contribution in [3.8, 4) is 17.1 Å². The van der Waals surface area contributed by atoms with Gasteiger partial charge in [-0.05, 0) is 67.6 Å². The zero-order valence-corrected chi connectivity index (χ0v) is 22.2. The largest absolute Gasteiger partial charge is 0.484 e. The number of nitrogens with one attached hydrogen (secondary N) is 2. The van der Waals surface area contributed by atoms with Gasteiger partial charge in [0.05, 0.1) is 17.9 Å². The van der Waals surface area contributed by atoms with Crippen LogP contribution in [0.2, 0.25) is 0 Å². The van der Waals surface area contributed by atoms with Crippen molar-refractivity contribution in [2.24, 2.45) is 7.05 Å². The number of para-hydroxylation sites is 1. The van der Waals surface area contributed by atoms with Gasteiger partial charge in [-0.2, -0.15) is 0 Å². The van der Waals surface area contributed by atoms with E-state index in [1.807, 2.05) is 37.4 Å². The maximum absolute atomic E-state index is 12.4. The summed E-state index contributed by atoms with van der Waals surface area (Å²) in [4.78, 5) is 36.4. The number of esters is 1. The summed E-state index contributed by atoms with van der Waals surface area (Å²) in [5, 5.41) is 14.6. The van der Waals surface area contributed by atoms with E-state index < -0.39 is 5.97 Å². The van der Waals surface area contributed by atoms with Crippen LogP contribution in [0.5, 0.6) is 5.75 Å². The van der Waals surface area contributed by atoms with Crippen LogP contribution in [0.4, 0.5) is 11.4 Å². The first-order chi connectivity index (χ1) is 18.9. The fraction of sp³-hybridized carbons (Fsp3) is 0.179. The Balaban J connectivity index is 1.27. The number of amides is 2. The zero-order valence-electron chi connectivity index (χ0n) is 21.4. The number of ether oxygens (including phenoxy) is 2. The lowest BCUT2D eigenvalue weighted by atomic mass is 10.2. The van der Waals surface area contributed by atoms with E-state index in [-0.39, 0.29) is 24.2 Å². The molecule has 2 N–H and O–H groups in total. The number of aromatic nitrogens is 3. The Morgan fingerprint density at radius 3 is 2.15 bits per heavy atom. The third-order valence-electron chi connectivity index (χ3n) is 5.39. The van der Waals surface area contributed by atoms with Gasteiger partial charge in [-0.25, -0.2) is 4.79 Å². The van der Waals surface area contributed by atoms with E-state index in [2.05, 4.69) is 20.8 Å². The highest BCUT2D eigenvalue weighted by atomic mass is 32.2. The van der Waals surface area contributed by atoms with Crippen LogP contribution < -0.4 is 15.4 Å². The smallest absolute Gasteiger partial charge is 0.338 e. The van der Waals surface area contributed by atoms with Gasteiger partial charge in [0.15, 0.2) is 17.6 Å². The summed E-state index contributed by atoms with van der Waals surface area (Å²) in [5.41, 5.74) is 2.43. The minimum Gasteiger partial charge on any atom is -0.484 e. The standard InChI is InChI=1S/C28H27N5O5S/c1-3-37-27(36)20-11-15-22(16-12-20)30-25(35)18-39-28-32-31-26(33(28)2)19-9-13-21(14-10-19)29-24(34)17-38-23-7-5-4-6-8-23/h4-16H,3,17-18H2,1-2H3,(H,29,34)(H,30,35). The molecule has 0 aliphatic rings. The summed E-state index contributed by atoms with van der Waals surface area (Å²) >= 11 is 1.25. The molecule has 0 spiro atoms. The molecule has 4 aromatic rings. The quantitative estimate of drug-likeness (QED) is 0.210. The predicted molar refractivity (Wildman–Crippen MR) is 149 cm³/mol. The van der Waals surface area contributed by atoms with Crippen LogP contribution in [0.25, 0.3) is 11.4 Å². The highest BCUT2D eigenvalue weighted by Crippen LogP contribution is 2.24. The molecule has 11 heteroatoms. The maximum atomic E-state index is 12.4. The first kappa shape index (κ1) is 27.4. The minimum absolute atomic E-state index is 0.0951. The van der Waals surface area contributed by atoms with Crippen molar-refractivity contribution < 1.29 is 23.9 Å². The Morgan fingerprint density at radius 2 is 1.49 bits per heavy atom.